The number of morpholine rings is 1. The number of alkyl halides is 3. The summed E-state index contributed by atoms with van der Waals surface area (Å²) in [5.74, 6) is -1.10. The average Bonchev–Trinajstić information content (AvgIpc) is 2.78. The van der Waals surface area contributed by atoms with Gasteiger partial charge in [-0.2, -0.15) is 13.2 Å². The molecule has 0 unspecified atom stereocenters. The van der Waals surface area contributed by atoms with Crippen LogP contribution in [-0.2, 0) is 10.9 Å². The van der Waals surface area contributed by atoms with Crippen molar-refractivity contribution >= 4 is 28.4 Å². The number of fused-ring (bicyclic) bond motifs is 1. The first kappa shape index (κ1) is 20.8. The second kappa shape index (κ2) is 8.35. The van der Waals surface area contributed by atoms with Gasteiger partial charge in [-0.15, -0.1) is 0 Å². The first-order valence-electron chi connectivity index (χ1n) is 9.58. The molecule has 4 rings (SSSR count). The van der Waals surface area contributed by atoms with Gasteiger partial charge in [0.05, 0.1) is 29.9 Å². The minimum atomic E-state index is -4.73. The normalized spacial score (nSPS) is 14.5. The van der Waals surface area contributed by atoms with Gasteiger partial charge in [0, 0.05) is 35.9 Å². The van der Waals surface area contributed by atoms with Crippen LogP contribution in [0, 0.1) is 0 Å². The summed E-state index contributed by atoms with van der Waals surface area (Å²) in [5.41, 5.74) is -0.764. The molecule has 0 spiro atoms. The van der Waals surface area contributed by atoms with E-state index in [1.165, 1.54) is 42.5 Å². The van der Waals surface area contributed by atoms with Crippen molar-refractivity contribution in [2.45, 2.75) is 6.18 Å². The van der Waals surface area contributed by atoms with Gasteiger partial charge in [-0.05, 0) is 30.3 Å². The highest BCUT2D eigenvalue weighted by molar-refractivity contribution is 6.08. The third kappa shape index (κ3) is 4.36. The van der Waals surface area contributed by atoms with Crippen LogP contribution < -0.4 is 5.32 Å². The molecule has 3 aromatic rings. The number of nitrogens with zero attached hydrogens (tertiary/aromatic N) is 2. The number of para-hydroxylation sites is 1. The quantitative estimate of drug-likeness (QED) is 0.684. The maximum absolute atomic E-state index is 13.7. The lowest BCUT2D eigenvalue weighted by molar-refractivity contribution is -0.136. The Morgan fingerprint density at radius 2 is 1.68 bits per heavy atom. The summed E-state index contributed by atoms with van der Waals surface area (Å²) < 4.78 is 46.4. The van der Waals surface area contributed by atoms with E-state index in [0.717, 1.165) is 6.20 Å². The molecule has 0 bridgehead atoms. The lowest BCUT2D eigenvalue weighted by Gasteiger charge is -2.26. The predicted molar refractivity (Wildman–Crippen MR) is 108 cm³/mol. The summed E-state index contributed by atoms with van der Waals surface area (Å²) in [6.45, 7) is 1.93. The number of pyridine rings is 1. The van der Waals surface area contributed by atoms with Crippen LogP contribution >= 0.6 is 0 Å². The first-order chi connectivity index (χ1) is 14.8. The van der Waals surface area contributed by atoms with Crippen LogP contribution in [-0.4, -0.2) is 48.0 Å². The van der Waals surface area contributed by atoms with E-state index in [9.17, 15) is 22.8 Å². The van der Waals surface area contributed by atoms with Crippen molar-refractivity contribution in [3.8, 4) is 0 Å². The fourth-order valence-electron chi connectivity index (χ4n) is 3.46. The molecule has 31 heavy (non-hydrogen) atoms. The molecule has 1 fully saturated rings. The zero-order valence-electron chi connectivity index (χ0n) is 16.3. The van der Waals surface area contributed by atoms with E-state index in [-0.39, 0.29) is 22.5 Å². The van der Waals surface area contributed by atoms with Crippen LogP contribution in [0.3, 0.4) is 0 Å². The molecule has 1 aliphatic heterocycles. The van der Waals surface area contributed by atoms with E-state index in [0.29, 0.717) is 31.9 Å². The number of benzene rings is 2. The van der Waals surface area contributed by atoms with Gasteiger partial charge < -0.3 is 15.0 Å². The molecular weight excluding hydrogens is 411 g/mol. The summed E-state index contributed by atoms with van der Waals surface area (Å²) >= 11 is 0. The minimum absolute atomic E-state index is 0.144. The second-order valence-corrected chi connectivity index (χ2v) is 7.00. The molecule has 1 saturated heterocycles. The molecule has 2 amide bonds. The number of rotatable bonds is 3. The number of nitrogens with one attached hydrogen (secondary N) is 1. The Balaban J connectivity index is 1.57. The van der Waals surface area contributed by atoms with E-state index in [1.54, 1.807) is 11.0 Å². The molecule has 0 radical (unpaired) electrons. The van der Waals surface area contributed by atoms with Gasteiger partial charge in [-0.25, -0.2) is 0 Å². The standard InChI is InChI=1S/C22H18F3N3O3/c23-22(24,25)19-16-3-1-2-4-18(16)26-13-17(19)20(29)27-15-7-5-14(6-8-15)21(30)28-9-11-31-12-10-28/h1-8,13H,9-12H2,(H,27,29). The number of ether oxygens (including phenoxy) is 1. The largest absolute Gasteiger partial charge is 0.417 e. The highest BCUT2D eigenvalue weighted by atomic mass is 19.4. The molecule has 1 aromatic heterocycles. The molecule has 9 heteroatoms. The van der Waals surface area contributed by atoms with Crippen molar-refractivity contribution in [1.29, 1.82) is 0 Å². The van der Waals surface area contributed by atoms with Gasteiger partial charge in [0.25, 0.3) is 11.8 Å². The van der Waals surface area contributed by atoms with E-state index in [2.05, 4.69) is 10.3 Å². The Hall–Kier alpha value is -3.46. The summed E-state index contributed by atoms with van der Waals surface area (Å²) in [7, 11) is 0. The molecular formula is C22H18F3N3O3. The van der Waals surface area contributed by atoms with Gasteiger partial charge >= 0.3 is 6.18 Å². The smallest absolute Gasteiger partial charge is 0.378 e. The van der Waals surface area contributed by atoms with Crippen LogP contribution in [0.4, 0.5) is 18.9 Å². The maximum atomic E-state index is 13.7. The van der Waals surface area contributed by atoms with Crippen LogP contribution in [0.15, 0.2) is 54.7 Å². The number of carbonyl (C=O) groups is 2. The van der Waals surface area contributed by atoms with Crippen molar-refractivity contribution in [2.24, 2.45) is 0 Å². The molecule has 0 aliphatic carbocycles. The monoisotopic (exact) mass is 429 g/mol. The van der Waals surface area contributed by atoms with Gasteiger partial charge in [-0.1, -0.05) is 18.2 Å². The highest BCUT2D eigenvalue weighted by Crippen LogP contribution is 2.37. The predicted octanol–water partition coefficient (Wildman–Crippen LogP) is 3.98. The lowest BCUT2D eigenvalue weighted by atomic mass is 10.0. The zero-order chi connectivity index (χ0) is 22.0. The maximum Gasteiger partial charge on any atom is 0.417 e. The molecule has 2 aromatic carbocycles. The molecule has 0 saturated carbocycles. The fraction of sp³-hybridized carbons (Fsp3) is 0.227. The molecule has 1 N–H and O–H groups in total. The Morgan fingerprint density at radius 3 is 2.35 bits per heavy atom. The summed E-state index contributed by atoms with van der Waals surface area (Å²) in [6, 6.07) is 11.8. The third-order valence-corrected chi connectivity index (χ3v) is 4.99. The number of aromatic nitrogens is 1. The van der Waals surface area contributed by atoms with Gasteiger partial charge in [0.2, 0.25) is 0 Å². The zero-order valence-corrected chi connectivity index (χ0v) is 16.3. The minimum Gasteiger partial charge on any atom is -0.378 e. The first-order valence-corrected chi connectivity index (χ1v) is 9.58. The van der Waals surface area contributed by atoms with Crippen LogP contribution in [0.5, 0.6) is 0 Å². The highest BCUT2D eigenvalue weighted by Gasteiger charge is 2.37. The second-order valence-electron chi connectivity index (χ2n) is 7.00. The van der Waals surface area contributed by atoms with Crippen LogP contribution in [0.25, 0.3) is 10.9 Å². The van der Waals surface area contributed by atoms with E-state index in [1.807, 2.05) is 0 Å². The Kier molecular flexibility index (Phi) is 5.60. The number of halogens is 3. The summed E-state index contributed by atoms with van der Waals surface area (Å²) in [6.07, 6.45) is -3.81. The molecule has 6 nitrogen and oxygen atoms in total. The Bertz CT molecular complexity index is 1120. The molecule has 0 atom stereocenters. The average molecular weight is 429 g/mol. The Morgan fingerprint density at radius 1 is 1.00 bits per heavy atom. The SMILES string of the molecule is O=C(Nc1ccc(C(=O)N2CCOCC2)cc1)c1cnc2ccccc2c1C(F)(F)F. The van der Waals surface area contributed by atoms with Crippen LogP contribution in [0.2, 0.25) is 0 Å². The van der Waals surface area contributed by atoms with Crippen LogP contribution in [0.1, 0.15) is 26.3 Å². The van der Waals surface area contributed by atoms with E-state index < -0.39 is 23.2 Å². The molecule has 1 aliphatic rings. The van der Waals surface area contributed by atoms with Gasteiger partial charge in [0.1, 0.15) is 0 Å². The molecule has 2 heterocycles. The third-order valence-electron chi connectivity index (χ3n) is 4.99. The lowest BCUT2D eigenvalue weighted by Crippen LogP contribution is -2.40. The van der Waals surface area contributed by atoms with E-state index in [4.69, 9.17) is 4.74 Å². The van der Waals surface area contributed by atoms with Crippen molar-refractivity contribution in [3.63, 3.8) is 0 Å². The van der Waals surface area contributed by atoms with Crippen molar-refractivity contribution < 1.29 is 27.5 Å². The number of carbonyl (C=O) groups excluding carboxylic acids is 2. The van der Waals surface area contributed by atoms with Crippen molar-refractivity contribution in [2.75, 3.05) is 31.6 Å². The number of hydrogen-bond donors (Lipinski definition) is 1. The topological polar surface area (TPSA) is 71.5 Å². The number of hydrogen-bond acceptors (Lipinski definition) is 4. The van der Waals surface area contributed by atoms with Gasteiger partial charge in [0.15, 0.2) is 0 Å². The fourth-order valence-corrected chi connectivity index (χ4v) is 3.46. The number of amides is 2. The summed E-state index contributed by atoms with van der Waals surface area (Å²) in [4.78, 5) is 30.8. The van der Waals surface area contributed by atoms with Crippen molar-refractivity contribution in [3.05, 3.63) is 71.4 Å². The van der Waals surface area contributed by atoms with E-state index >= 15 is 0 Å². The molecule has 160 valence electrons. The van der Waals surface area contributed by atoms with Gasteiger partial charge in [-0.3, -0.25) is 14.6 Å². The number of anilines is 1. The van der Waals surface area contributed by atoms with Crippen molar-refractivity contribution in [1.82, 2.24) is 9.88 Å². The summed E-state index contributed by atoms with van der Waals surface area (Å²) in [5, 5.41) is 2.31. The Labute approximate surface area is 175 Å².